The van der Waals surface area contributed by atoms with Gasteiger partial charge in [-0.15, -0.1) is 0 Å². The first-order valence-electron chi connectivity index (χ1n) is 10.4. The lowest BCUT2D eigenvalue weighted by atomic mass is 9.98. The average molecular weight is 396 g/mol. The van der Waals surface area contributed by atoms with Crippen molar-refractivity contribution in [1.82, 2.24) is 15.0 Å². The standard InChI is InChI=1S/C27H29N3/c1-5-11-21(7-3)13-10-15-25-29-26(27(30-25)24-14-8-9-18-28-24)23-17-16-20(4)22(19-23)12-6-2/h5,7-11,13-14,16-19H,1,3,6,12,15H2,2,4H3,(H,29,30)/b13-10-,21-11-. The highest BCUT2D eigenvalue weighted by atomic mass is 15.0. The molecule has 0 radical (unpaired) electrons. The van der Waals surface area contributed by atoms with Gasteiger partial charge in [0.05, 0.1) is 17.1 Å². The molecular formula is C27H29N3. The lowest BCUT2D eigenvalue weighted by molar-refractivity contribution is 0.913. The van der Waals surface area contributed by atoms with Crippen LogP contribution in [-0.4, -0.2) is 15.0 Å². The average Bonchev–Trinajstić information content (AvgIpc) is 3.19. The van der Waals surface area contributed by atoms with Crippen LogP contribution in [0.5, 0.6) is 0 Å². The van der Waals surface area contributed by atoms with Crippen LogP contribution in [0.4, 0.5) is 0 Å². The van der Waals surface area contributed by atoms with Crippen molar-refractivity contribution < 1.29 is 0 Å². The number of aryl methyl sites for hydroxylation is 2. The van der Waals surface area contributed by atoms with E-state index in [2.05, 4.69) is 61.2 Å². The van der Waals surface area contributed by atoms with Crippen LogP contribution >= 0.6 is 0 Å². The summed E-state index contributed by atoms with van der Waals surface area (Å²) in [5, 5.41) is 0. The van der Waals surface area contributed by atoms with Crippen LogP contribution in [-0.2, 0) is 12.8 Å². The third-order valence-corrected chi connectivity index (χ3v) is 4.98. The van der Waals surface area contributed by atoms with Gasteiger partial charge in [0.1, 0.15) is 5.82 Å². The summed E-state index contributed by atoms with van der Waals surface area (Å²) in [5.41, 5.74) is 7.63. The fourth-order valence-electron chi connectivity index (χ4n) is 3.42. The molecule has 2 aromatic heterocycles. The summed E-state index contributed by atoms with van der Waals surface area (Å²) in [6.07, 6.45) is 14.3. The number of pyridine rings is 1. The van der Waals surface area contributed by atoms with Gasteiger partial charge in [0.2, 0.25) is 0 Å². The van der Waals surface area contributed by atoms with E-state index in [0.717, 1.165) is 46.9 Å². The highest BCUT2D eigenvalue weighted by molar-refractivity contribution is 5.77. The summed E-state index contributed by atoms with van der Waals surface area (Å²) >= 11 is 0. The molecule has 0 saturated carbocycles. The number of imidazole rings is 1. The lowest BCUT2D eigenvalue weighted by Gasteiger charge is -2.08. The van der Waals surface area contributed by atoms with Crippen molar-refractivity contribution in [2.45, 2.75) is 33.1 Å². The molecule has 30 heavy (non-hydrogen) atoms. The molecule has 1 aromatic carbocycles. The predicted molar refractivity (Wildman–Crippen MR) is 127 cm³/mol. The minimum Gasteiger partial charge on any atom is -0.340 e. The lowest BCUT2D eigenvalue weighted by Crippen LogP contribution is -1.92. The van der Waals surface area contributed by atoms with Gasteiger partial charge in [-0.1, -0.05) is 75.1 Å². The van der Waals surface area contributed by atoms with Gasteiger partial charge in [-0.3, -0.25) is 4.98 Å². The van der Waals surface area contributed by atoms with E-state index in [1.54, 1.807) is 6.08 Å². The van der Waals surface area contributed by atoms with Crippen LogP contribution in [0, 0.1) is 6.92 Å². The molecule has 3 nitrogen and oxygen atoms in total. The monoisotopic (exact) mass is 395 g/mol. The van der Waals surface area contributed by atoms with E-state index in [1.807, 2.05) is 42.6 Å². The molecule has 0 fully saturated rings. The Morgan fingerprint density at radius 2 is 2.03 bits per heavy atom. The maximum absolute atomic E-state index is 4.94. The van der Waals surface area contributed by atoms with Crippen molar-refractivity contribution in [3.05, 3.63) is 109 Å². The van der Waals surface area contributed by atoms with Gasteiger partial charge in [-0.05, 0) is 48.2 Å². The van der Waals surface area contributed by atoms with Gasteiger partial charge < -0.3 is 4.98 Å². The number of nitrogens with zero attached hydrogens (tertiary/aromatic N) is 2. The normalized spacial score (nSPS) is 11.7. The molecule has 0 saturated heterocycles. The van der Waals surface area contributed by atoms with Crippen molar-refractivity contribution in [1.29, 1.82) is 0 Å². The molecule has 0 unspecified atom stereocenters. The summed E-state index contributed by atoms with van der Waals surface area (Å²) in [7, 11) is 0. The second-order valence-corrected chi connectivity index (χ2v) is 7.23. The van der Waals surface area contributed by atoms with Gasteiger partial charge in [-0.25, -0.2) is 4.98 Å². The first-order chi connectivity index (χ1) is 14.7. The second-order valence-electron chi connectivity index (χ2n) is 7.23. The molecule has 0 spiro atoms. The summed E-state index contributed by atoms with van der Waals surface area (Å²) in [5.74, 6) is 0.904. The largest absolute Gasteiger partial charge is 0.340 e. The van der Waals surface area contributed by atoms with Crippen molar-refractivity contribution in [2.75, 3.05) is 0 Å². The predicted octanol–water partition coefficient (Wildman–Crippen LogP) is 6.80. The molecule has 2 heterocycles. The number of hydrogen-bond donors (Lipinski definition) is 1. The first kappa shape index (κ1) is 21.3. The topological polar surface area (TPSA) is 41.6 Å². The summed E-state index contributed by atoms with van der Waals surface area (Å²) in [4.78, 5) is 13.0. The third kappa shape index (κ3) is 5.12. The molecular weight excluding hydrogens is 366 g/mol. The van der Waals surface area contributed by atoms with Crippen molar-refractivity contribution in [3.63, 3.8) is 0 Å². The Labute approximate surface area is 179 Å². The van der Waals surface area contributed by atoms with Crippen LogP contribution in [0.3, 0.4) is 0 Å². The fourth-order valence-corrected chi connectivity index (χ4v) is 3.42. The molecule has 0 aliphatic carbocycles. The first-order valence-corrected chi connectivity index (χ1v) is 10.4. The fraction of sp³-hybridized carbons (Fsp3) is 0.185. The summed E-state index contributed by atoms with van der Waals surface area (Å²) < 4.78 is 0. The van der Waals surface area contributed by atoms with Crippen molar-refractivity contribution in [2.24, 2.45) is 0 Å². The molecule has 0 bridgehead atoms. The molecule has 0 aliphatic heterocycles. The number of rotatable bonds is 9. The number of allylic oxidation sites excluding steroid dienone is 6. The van der Waals surface area contributed by atoms with Gasteiger partial charge in [-0.2, -0.15) is 0 Å². The maximum Gasteiger partial charge on any atom is 0.111 e. The SMILES string of the molecule is C=C/C=C(C=C)\C=C/Cc1nc(-c2ccc(C)c(CCC)c2)c(-c2ccccn2)[nH]1. The second kappa shape index (κ2) is 10.4. The molecule has 0 amide bonds. The quantitative estimate of drug-likeness (QED) is 0.405. The Morgan fingerprint density at radius 1 is 1.17 bits per heavy atom. The van der Waals surface area contributed by atoms with Gasteiger partial charge in [0.15, 0.2) is 0 Å². The van der Waals surface area contributed by atoms with Gasteiger partial charge in [0, 0.05) is 18.2 Å². The van der Waals surface area contributed by atoms with E-state index in [9.17, 15) is 0 Å². The van der Waals surface area contributed by atoms with Crippen molar-refractivity contribution in [3.8, 4) is 22.6 Å². The number of benzene rings is 1. The molecule has 3 aromatic rings. The van der Waals surface area contributed by atoms with E-state index >= 15 is 0 Å². The Morgan fingerprint density at radius 3 is 2.73 bits per heavy atom. The molecule has 3 rings (SSSR count). The molecule has 152 valence electrons. The van der Waals surface area contributed by atoms with E-state index in [-0.39, 0.29) is 0 Å². The number of nitrogens with one attached hydrogen (secondary N) is 1. The van der Waals surface area contributed by atoms with Crippen LogP contribution < -0.4 is 0 Å². The Bertz CT molecular complexity index is 1070. The zero-order valence-corrected chi connectivity index (χ0v) is 17.9. The van der Waals surface area contributed by atoms with E-state index in [1.165, 1.54) is 11.1 Å². The summed E-state index contributed by atoms with van der Waals surface area (Å²) in [6.45, 7) is 12.0. The smallest absolute Gasteiger partial charge is 0.111 e. The van der Waals surface area contributed by atoms with E-state index < -0.39 is 0 Å². The van der Waals surface area contributed by atoms with Crippen LogP contribution in [0.2, 0.25) is 0 Å². The van der Waals surface area contributed by atoms with Crippen molar-refractivity contribution >= 4 is 0 Å². The minimum absolute atomic E-state index is 0.690. The minimum atomic E-state index is 0.690. The Balaban J connectivity index is 2.01. The van der Waals surface area contributed by atoms with E-state index in [4.69, 9.17) is 4.98 Å². The molecule has 0 aliphatic rings. The highest BCUT2D eigenvalue weighted by Crippen LogP contribution is 2.30. The molecule has 1 N–H and O–H groups in total. The van der Waals surface area contributed by atoms with Crippen LogP contribution in [0.15, 0.2) is 91.7 Å². The summed E-state index contributed by atoms with van der Waals surface area (Å²) in [6, 6.07) is 12.6. The Kier molecular flexibility index (Phi) is 7.34. The molecule has 0 atom stereocenters. The van der Waals surface area contributed by atoms with E-state index in [0.29, 0.717) is 6.42 Å². The van der Waals surface area contributed by atoms with Crippen LogP contribution in [0.25, 0.3) is 22.6 Å². The number of H-pyrrole nitrogens is 1. The van der Waals surface area contributed by atoms with Gasteiger partial charge >= 0.3 is 0 Å². The zero-order chi connectivity index (χ0) is 21.3. The third-order valence-electron chi connectivity index (χ3n) is 4.98. The van der Waals surface area contributed by atoms with Crippen LogP contribution in [0.1, 0.15) is 30.3 Å². The number of hydrogen-bond acceptors (Lipinski definition) is 2. The number of aromatic amines is 1. The highest BCUT2D eigenvalue weighted by Gasteiger charge is 2.15. The Hall–Kier alpha value is -3.46. The molecule has 3 heteroatoms. The zero-order valence-electron chi connectivity index (χ0n) is 17.9. The van der Waals surface area contributed by atoms with Gasteiger partial charge in [0.25, 0.3) is 0 Å². The number of aromatic nitrogens is 3. The maximum atomic E-state index is 4.94.